The molecule has 2 aromatic carbocycles. The Morgan fingerprint density at radius 2 is 1.84 bits per heavy atom. The topological polar surface area (TPSA) is 59.1 Å². The number of alkyl halides is 3. The van der Waals surface area contributed by atoms with Gasteiger partial charge in [-0.1, -0.05) is 29.8 Å². The van der Waals surface area contributed by atoms with E-state index in [9.17, 15) is 13.2 Å². The van der Waals surface area contributed by atoms with Crippen LogP contribution in [0, 0.1) is 13.8 Å². The van der Waals surface area contributed by atoms with E-state index in [1.807, 2.05) is 26.0 Å². The summed E-state index contributed by atoms with van der Waals surface area (Å²) in [4.78, 5) is 9.04. The third-order valence-electron chi connectivity index (χ3n) is 4.86. The van der Waals surface area contributed by atoms with Crippen molar-refractivity contribution in [3.63, 3.8) is 0 Å². The Kier molecular flexibility index (Phi) is 5.66. The quantitative estimate of drug-likeness (QED) is 0.443. The van der Waals surface area contributed by atoms with Crippen LogP contribution in [0.25, 0.3) is 11.3 Å². The maximum atomic E-state index is 12.6. The van der Waals surface area contributed by atoms with Gasteiger partial charge in [0.05, 0.1) is 5.69 Å². The van der Waals surface area contributed by atoms with Gasteiger partial charge in [-0.2, -0.15) is 4.98 Å². The molecule has 0 atom stereocenters. The first kappa shape index (κ1) is 21.2. The number of hydrogen-bond acceptors (Lipinski definition) is 5. The van der Waals surface area contributed by atoms with Crippen molar-refractivity contribution in [2.45, 2.75) is 39.1 Å². The van der Waals surface area contributed by atoms with E-state index in [4.69, 9.17) is 11.6 Å². The zero-order chi connectivity index (χ0) is 22.2. The first-order valence-corrected chi connectivity index (χ1v) is 10.1. The molecule has 0 aliphatic heterocycles. The van der Waals surface area contributed by atoms with Crippen LogP contribution in [0.2, 0.25) is 5.02 Å². The Morgan fingerprint density at radius 1 is 1.06 bits per heavy atom. The van der Waals surface area contributed by atoms with E-state index in [0.29, 0.717) is 34.1 Å². The Morgan fingerprint density at radius 3 is 2.55 bits per heavy atom. The highest BCUT2D eigenvalue weighted by atomic mass is 35.5. The van der Waals surface area contributed by atoms with E-state index in [1.54, 1.807) is 12.1 Å². The number of aromatic nitrogens is 2. The van der Waals surface area contributed by atoms with Gasteiger partial charge in [-0.15, -0.1) is 13.2 Å². The largest absolute Gasteiger partial charge is 0.573 e. The lowest BCUT2D eigenvalue weighted by atomic mass is 10.1. The molecule has 1 aliphatic carbocycles. The van der Waals surface area contributed by atoms with Crippen LogP contribution in [-0.4, -0.2) is 22.4 Å². The van der Waals surface area contributed by atoms with Crippen LogP contribution in [-0.2, 0) is 0 Å². The predicted molar refractivity (Wildman–Crippen MR) is 115 cm³/mol. The van der Waals surface area contributed by atoms with Crippen molar-refractivity contribution in [1.82, 2.24) is 9.97 Å². The van der Waals surface area contributed by atoms with Crippen LogP contribution in [0.3, 0.4) is 0 Å². The highest BCUT2D eigenvalue weighted by Crippen LogP contribution is 2.33. The Hall–Kier alpha value is -3.00. The Bertz CT molecular complexity index is 1120. The van der Waals surface area contributed by atoms with Gasteiger partial charge in [0.1, 0.15) is 11.6 Å². The summed E-state index contributed by atoms with van der Waals surface area (Å²) in [6.45, 7) is 3.86. The molecular weight excluding hydrogens is 429 g/mol. The third kappa shape index (κ3) is 5.38. The van der Waals surface area contributed by atoms with Gasteiger partial charge >= 0.3 is 6.36 Å². The molecule has 0 spiro atoms. The summed E-state index contributed by atoms with van der Waals surface area (Å²) in [6, 6.07) is 11.4. The maximum Gasteiger partial charge on any atom is 0.573 e. The molecule has 162 valence electrons. The van der Waals surface area contributed by atoms with Gasteiger partial charge in [-0.05, 0) is 56.0 Å². The molecule has 0 bridgehead atoms. The zero-order valence-electron chi connectivity index (χ0n) is 16.8. The average Bonchev–Trinajstić information content (AvgIpc) is 3.51. The second-order valence-corrected chi connectivity index (χ2v) is 7.85. The summed E-state index contributed by atoms with van der Waals surface area (Å²) in [5, 5.41) is 7.16. The van der Waals surface area contributed by atoms with Gasteiger partial charge in [0, 0.05) is 28.4 Å². The van der Waals surface area contributed by atoms with Crippen molar-refractivity contribution < 1.29 is 17.9 Å². The fraction of sp³-hybridized carbons (Fsp3) is 0.273. The van der Waals surface area contributed by atoms with Crippen molar-refractivity contribution in [3.8, 4) is 17.0 Å². The molecule has 2 N–H and O–H groups in total. The lowest BCUT2D eigenvalue weighted by Gasteiger charge is -2.16. The number of rotatable bonds is 6. The van der Waals surface area contributed by atoms with Crippen LogP contribution in [0.5, 0.6) is 5.75 Å². The Balaban J connectivity index is 1.72. The average molecular weight is 449 g/mol. The molecule has 9 heteroatoms. The van der Waals surface area contributed by atoms with Crippen molar-refractivity contribution in [1.29, 1.82) is 0 Å². The zero-order valence-corrected chi connectivity index (χ0v) is 17.6. The van der Waals surface area contributed by atoms with Gasteiger partial charge in [0.25, 0.3) is 0 Å². The molecule has 1 aromatic heterocycles. The Labute approximate surface area is 182 Å². The summed E-state index contributed by atoms with van der Waals surface area (Å²) < 4.78 is 41.9. The molecule has 0 unspecified atom stereocenters. The van der Waals surface area contributed by atoms with Gasteiger partial charge in [-0.25, -0.2) is 4.98 Å². The van der Waals surface area contributed by atoms with Gasteiger partial charge < -0.3 is 15.4 Å². The van der Waals surface area contributed by atoms with Crippen LogP contribution in [0.15, 0.2) is 42.5 Å². The molecule has 1 aliphatic rings. The van der Waals surface area contributed by atoms with E-state index in [2.05, 4.69) is 25.3 Å². The smallest absolute Gasteiger partial charge is 0.406 e. The van der Waals surface area contributed by atoms with Gasteiger partial charge in [0.2, 0.25) is 5.95 Å². The van der Waals surface area contributed by atoms with E-state index < -0.39 is 6.36 Å². The lowest BCUT2D eigenvalue weighted by molar-refractivity contribution is -0.274. The monoisotopic (exact) mass is 448 g/mol. The van der Waals surface area contributed by atoms with Crippen molar-refractivity contribution >= 4 is 29.1 Å². The number of nitrogens with zero attached hydrogens (tertiary/aromatic N) is 2. The standard InChI is InChI=1S/C22H20ClF3N4O/c1-12-6-9-17(23)13(2)20(12)29-19-11-18(28-21(30-19)27-15-7-8-15)14-4-3-5-16(10-14)31-22(24,25)26/h3-6,9-11,15H,7-8H2,1-2H3,(H2,27,28,29,30). The highest BCUT2D eigenvalue weighted by Gasteiger charge is 2.31. The van der Waals surface area contributed by atoms with E-state index >= 15 is 0 Å². The number of halogens is 4. The predicted octanol–water partition coefficient (Wildman–Crippen LogP) is 6.63. The van der Waals surface area contributed by atoms with E-state index in [0.717, 1.165) is 29.7 Å². The number of aryl methyl sites for hydroxylation is 1. The van der Waals surface area contributed by atoms with E-state index in [-0.39, 0.29) is 5.75 Å². The molecule has 5 nitrogen and oxygen atoms in total. The number of anilines is 3. The summed E-state index contributed by atoms with van der Waals surface area (Å²) in [7, 11) is 0. The number of nitrogens with one attached hydrogen (secondary N) is 2. The molecule has 1 fully saturated rings. The van der Waals surface area contributed by atoms with E-state index in [1.165, 1.54) is 18.2 Å². The van der Waals surface area contributed by atoms with Crippen molar-refractivity contribution in [2.75, 3.05) is 10.6 Å². The first-order valence-electron chi connectivity index (χ1n) is 9.72. The summed E-state index contributed by atoms with van der Waals surface area (Å²) in [5.41, 5.74) is 3.62. The summed E-state index contributed by atoms with van der Waals surface area (Å²) in [5.74, 6) is 0.599. The minimum Gasteiger partial charge on any atom is -0.406 e. The summed E-state index contributed by atoms with van der Waals surface area (Å²) in [6.07, 6.45) is -2.72. The molecule has 1 saturated carbocycles. The number of hydrogen-bond donors (Lipinski definition) is 2. The first-order chi connectivity index (χ1) is 14.7. The summed E-state index contributed by atoms with van der Waals surface area (Å²) >= 11 is 6.27. The molecule has 3 aromatic rings. The van der Waals surface area contributed by atoms with Gasteiger partial charge in [0.15, 0.2) is 0 Å². The van der Waals surface area contributed by atoms with Crippen LogP contribution >= 0.6 is 11.6 Å². The molecule has 0 amide bonds. The van der Waals surface area contributed by atoms with Crippen molar-refractivity contribution in [3.05, 3.63) is 58.6 Å². The maximum absolute atomic E-state index is 12.6. The van der Waals surface area contributed by atoms with Crippen molar-refractivity contribution in [2.24, 2.45) is 0 Å². The molecule has 0 radical (unpaired) electrons. The highest BCUT2D eigenvalue weighted by molar-refractivity contribution is 6.31. The van der Waals surface area contributed by atoms with Crippen LogP contribution in [0.4, 0.5) is 30.6 Å². The second kappa shape index (κ2) is 8.26. The normalized spacial score (nSPS) is 13.7. The fourth-order valence-corrected chi connectivity index (χ4v) is 3.29. The third-order valence-corrected chi connectivity index (χ3v) is 5.27. The molecule has 0 saturated heterocycles. The molecule has 31 heavy (non-hydrogen) atoms. The van der Waals surface area contributed by atoms with Gasteiger partial charge in [-0.3, -0.25) is 0 Å². The lowest BCUT2D eigenvalue weighted by Crippen LogP contribution is -2.17. The molecule has 4 rings (SSSR count). The SMILES string of the molecule is Cc1ccc(Cl)c(C)c1Nc1cc(-c2cccc(OC(F)(F)F)c2)nc(NC2CC2)n1. The van der Waals surface area contributed by atoms with Crippen LogP contribution < -0.4 is 15.4 Å². The minimum absolute atomic E-state index is 0.303. The second-order valence-electron chi connectivity index (χ2n) is 7.45. The number of ether oxygens (including phenoxy) is 1. The molecule has 1 heterocycles. The minimum atomic E-state index is -4.77. The number of benzene rings is 2. The molecular formula is C22H20ClF3N4O. The fourth-order valence-electron chi connectivity index (χ4n) is 3.13. The van der Waals surface area contributed by atoms with Crippen LogP contribution in [0.1, 0.15) is 24.0 Å².